The smallest absolute Gasteiger partial charge is 0.392 e. The fourth-order valence-electron chi connectivity index (χ4n) is 2.17. The zero-order valence-electron chi connectivity index (χ0n) is 12.9. The molecule has 7 nitrogen and oxygen atoms in total. The van der Waals surface area contributed by atoms with Crippen molar-refractivity contribution in [3.8, 4) is 11.4 Å². The lowest BCUT2D eigenvalue weighted by Crippen LogP contribution is -2.28. The first-order chi connectivity index (χ1) is 12.3. The summed E-state index contributed by atoms with van der Waals surface area (Å²) in [6.07, 6.45) is -9.44. The quantitative estimate of drug-likeness (QED) is 0.487. The number of rotatable bonds is 3. The summed E-state index contributed by atoms with van der Waals surface area (Å²) in [6.45, 7) is 3.18. The van der Waals surface area contributed by atoms with Crippen molar-refractivity contribution >= 4 is 17.6 Å². The van der Waals surface area contributed by atoms with Gasteiger partial charge in [0.2, 0.25) is 0 Å². The predicted molar refractivity (Wildman–Crippen MR) is 81.4 cm³/mol. The van der Waals surface area contributed by atoms with E-state index in [1.54, 1.807) is 0 Å². The number of hydrogen-bond donors (Lipinski definition) is 1. The number of nitrogens with two attached hydrogens (primary N) is 1. The van der Waals surface area contributed by atoms with Crippen molar-refractivity contribution in [2.45, 2.75) is 12.4 Å². The van der Waals surface area contributed by atoms with Crippen LogP contribution < -0.4 is 11.3 Å². The zero-order chi connectivity index (χ0) is 20.7. The van der Waals surface area contributed by atoms with Crippen LogP contribution in [0.1, 0.15) is 11.3 Å². The summed E-state index contributed by atoms with van der Waals surface area (Å²) in [4.78, 5) is 25.1. The Kier molecular flexibility index (Phi) is 4.73. The molecule has 0 spiro atoms. The van der Waals surface area contributed by atoms with E-state index in [1.807, 2.05) is 0 Å². The molecule has 1 aromatic carbocycles. The van der Waals surface area contributed by atoms with Gasteiger partial charge in [-0.2, -0.15) is 26.3 Å². The summed E-state index contributed by atoms with van der Waals surface area (Å²) in [6, 6.07) is 1.07. The standard InChI is InChI=1S/C14H8F6N4O3/c1-2-23-11(22-10(14(18,19)20)9(21)12(23)25)7-4-3-6(13(15,16)17)5-8(7)24(26)27/h2-5H,1,21H2. The predicted octanol–water partition coefficient (Wildman–Crippen LogP) is 3.54. The summed E-state index contributed by atoms with van der Waals surface area (Å²) in [5, 5.41) is 11.2. The molecule has 0 radical (unpaired) electrons. The van der Waals surface area contributed by atoms with Gasteiger partial charge in [0.15, 0.2) is 11.5 Å². The van der Waals surface area contributed by atoms with Crippen LogP contribution in [0.2, 0.25) is 0 Å². The highest BCUT2D eigenvalue weighted by atomic mass is 19.4. The molecule has 13 heteroatoms. The van der Waals surface area contributed by atoms with Crippen LogP contribution in [0.25, 0.3) is 17.6 Å². The highest BCUT2D eigenvalue weighted by molar-refractivity contribution is 5.71. The largest absolute Gasteiger partial charge is 0.435 e. The molecule has 144 valence electrons. The van der Waals surface area contributed by atoms with Crippen molar-refractivity contribution in [1.29, 1.82) is 0 Å². The molecule has 0 bridgehead atoms. The van der Waals surface area contributed by atoms with Gasteiger partial charge in [-0.05, 0) is 12.1 Å². The zero-order valence-corrected chi connectivity index (χ0v) is 12.9. The van der Waals surface area contributed by atoms with Crippen LogP contribution in [0.15, 0.2) is 29.6 Å². The monoisotopic (exact) mass is 394 g/mol. The molecule has 0 aliphatic rings. The fourth-order valence-corrected chi connectivity index (χ4v) is 2.17. The van der Waals surface area contributed by atoms with E-state index in [9.17, 15) is 41.3 Å². The summed E-state index contributed by atoms with van der Waals surface area (Å²) in [5.41, 5.74) is -2.79. The Labute approximate surface area is 145 Å². The lowest BCUT2D eigenvalue weighted by Gasteiger charge is -2.15. The van der Waals surface area contributed by atoms with Crippen LogP contribution in [0, 0.1) is 10.1 Å². The second-order valence-electron chi connectivity index (χ2n) is 5.04. The minimum Gasteiger partial charge on any atom is -0.392 e. The third-order valence-corrected chi connectivity index (χ3v) is 3.36. The van der Waals surface area contributed by atoms with Gasteiger partial charge < -0.3 is 5.73 Å². The highest BCUT2D eigenvalue weighted by Crippen LogP contribution is 2.38. The number of nitro benzene ring substituents is 1. The van der Waals surface area contributed by atoms with Gasteiger partial charge in [-0.15, -0.1) is 0 Å². The molecular weight excluding hydrogens is 386 g/mol. The van der Waals surface area contributed by atoms with Crippen LogP contribution in [0.5, 0.6) is 0 Å². The maximum Gasteiger partial charge on any atom is 0.435 e. The van der Waals surface area contributed by atoms with Gasteiger partial charge in [-0.1, -0.05) is 6.58 Å². The molecule has 2 aromatic rings. The van der Waals surface area contributed by atoms with Crippen molar-refractivity contribution in [1.82, 2.24) is 9.55 Å². The Balaban J connectivity index is 2.93. The summed E-state index contributed by atoms with van der Waals surface area (Å²) in [5.74, 6) is -0.933. The number of hydrogen-bond acceptors (Lipinski definition) is 5. The van der Waals surface area contributed by atoms with Crippen molar-refractivity contribution in [3.63, 3.8) is 0 Å². The molecule has 0 aliphatic heterocycles. The SMILES string of the molecule is C=Cn1c(-c2ccc(C(F)(F)F)cc2[N+](=O)[O-])nc(C(F)(F)F)c(N)c1=O. The average Bonchev–Trinajstić information content (AvgIpc) is 2.54. The number of nitrogens with zero attached hydrogens (tertiary/aromatic N) is 3. The lowest BCUT2D eigenvalue weighted by atomic mass is 10.1. The second kappa shape index (κ2) is 6.41. The Morgan fingerprint density at radius 2 is 1.78 bits per heavy atom. The third kappa shape index (κ3) is 3.61. The first kappa shape index (κ1) is 19.9. The van der Waals surface area contributed by atoms with Crippen molar-refractivity contribution in [2.75, 3.05) is 5.73 Å². The number of nitro groups is 1. The van der Waals surface area contributed by atoms with Crippen molar-refractivity contribution in [3.05, 3.63) is 56.5 Å². The number of alkyl halides is 6. The second-order valence-corrected chi connectivity index (χ2v) is 5.04. The molecule has 0 saturated heterocycles. The summed E-state index contributed by atoms with van der Waals surface area (Å²) >= 11 is 0. The van der Waals surface area contributed by atoms with Crippen LogP contribution in [0.4, 0.5) is 37.7 Å². The topological polar surface area (TPSA) is 104 Å². The van der Waals surface area contributed by atoms with Gasteiger partial charge in [-0.25, -0.2) is 4.98 Å². The molecule has 2 rings (SSSR count). The van der Waals surface area contributed by atoms with Crippen LogP contribution in [0.3, 0.4) is 0 Å². The summed E-state index contributed by atoms with van der Waals surface area (Å²) in [7, 11) is 0. The van der Waals surface area contributed by atoms with Crippen molar-refractivity contribution < 1.29 is 31.3 Å². The maximum atomic E-state index is 13.0. The van der Waals surface area contributed by atoms with E-state index in [1.165, 1.54) is 0 Å². The Morgan fingerprint density at radius 3 is 2.22 bits per heavy atom. The number of benzene rings is 1. The van der Waals surface area contributed by atoms with E-state index >= 15 is 0 Å². The molecule has 0 unspecified atom stereocenters. The molecule has 0 fully saturated rings. The first-order valence-electron chi connectivity index (χ1n) is 6.76. The first-order valence-corrected chi connectivity index (χ1v) is 6.76. The molecule has 27 heavy (non-hydrogen) atoms. The van der Waals surface area contributed by atoms with E-state index in [2.05, 4.69) is 11.6 Å². The molecule has 2 N–H and O–H groups in total. The van der Waals surface area contributed by atoms with Crippen LogP contribution in [-0.4, -0.2) is 14.5 Å². The molecule has 1 aromatic heterocycles. The van der Waals surface area contributed by atoms with Crippen LogP contribution in [-0.2, 0) is 12.4 Å². The molecular formula is C14H8F6N4O3. The average molecular weight is 394 g/mol. The number of aromatic nitrogens is 2. The lowest BCUT2D eigenvalue weighted by molar-refractivity contribution is -0.384. The van der Waals surface area contributed by atoms with Gasteiger partial charge in [0, 0.05) is 12.3 Å². The molecule has 0 atom stereocenters. The van der Waals surface area contributed by atoms with Gasteiger partial charge in [0.05, 0.1) is 16.1 Å². The van der Waals surface area contributed by atoms with E-state index in [4.69, 9.17) is 5.73 Å². The van der Waals surface area contributed by atoms with Gasteiger partial charge in [-0.3, -0.25) is 19.5 Å². The Bertz CT molecular complexity index is 994. The molecule has 1 heterocycles. The molecule has 0 amide bonds. The highest BCUT2D eigenvalue weighted by Gasteiger charge is 2.39. The third-order valence-electron chi connectivity index (χ3n) is 3.36. The summed E-state index contributed by atoms with van der Waals surface area (Å²) < 4.78 is 77.8. The number of nitrogen functional groups attached to an aromatic ring is 1. The minimum absolute atomic E-state index is 0.124. The van der Waals surface area contributed by atoms with E-state index < -0.39 is 56.9 Å². The fraction of sp³-hybridized carbons (Fsp3) is 0.143. The van der Waals surface area contributed by atoms with Gasteiger partial charge in [0.25, 0.3) is 11.2 Å². The van der Waals surface area contributed by atoms with E-state index in [-0.39, 0.29) is 6.07 Å². The maximum absolute atomic E-state index is 13.0. The molecule has 0 aliphatic carbocycles. The number of halogens is 6. The normalized spacial score (nSPS) is 12.1. The van der Waals surface area contributed by atoms with Gasteiger partial charge >= 0.3 is 12.4 Å². The minimum atomic E-state index is -5.18. The van der Waals surface area contributed by atoms with E-state index in [0.29, 0.717) is 22.9 Å². The van der Waals surface area contributed by atoms with Gasteiger partial charge in [0.1, 0.15) is 5.69 Å². The Morgan fingerprint density at radius 1 is 1.19 bits per heavy atom. The number of anilines is 1. The molecule has 0 saturated carbocycles. The Hall–Kier alpha value is -3.38. The van der Waals surface area contributed by atoms with Crippen molar-refractivity contribution in [2.24, 2.45) is 0 Å². The van der Waals surface area contributed by atoms with E-state index in [0.717, 1.165) is 0 Å². The van der Waals surface area contributed by atoms with Crippen LogP contribution >= 0.6 is 0 Å².